The van der Waals surface area contributed by atoms with Crippen LogP contribution in [0.5, 0.6) is 0 Å². The minimum absolute atomic E-state index is 0. The number of aryl methyl sites for hydroxylation is 2. The van der Waals surface area contributed by atoms with Crippen molar-refractivity contribution in [3.8, 4) is 39.7 Å². The van der Waals surface area contributed by atoms with Crippen LogP contribution in [0.4, 0.5) is 0 Å². The largest absolute Gasteiger partial charge is 0.456 e. The molecule has 4 heterocycles. The third kappa shape index (κ3) is 6.26. The van der Waals surface area contributed by atoms with E-state index in [0.717, 1.165) is 50.4 Å². The molecule has 0 atom stereocenters. The van der Waals surface area contributed by atoms with Crippen LogP contribution in [-0.2, 0) is 20.1 Å². The second-order valence-corrected chi connectivity index (χ2v) is 13.1. The Balaban J connectivity index is 0.000000191. The predicted octanol–water partition coefficient (Wildman–Crippen LogP) is 12.4. The molecule has 0 aliphatic rings. The van der Waals surface area contributed by atoms with Crippen LogP contribution in [0.15, 0.2) is 156 Å². The van der Waals surface area contributed by atoms with Crippen LogP contribution in [-0.4, -0.2) is 14.5 Å². The van der Waals surface area contributed by atoms with Gasteiger partial charge in [-0.3, -0.25) is 4.98 Å². The monoisotopic (exact) mass is 872 g/mol. The maximum atomic E-state index is 7.28. The first-order valence-electron chi connectivity index (χ1n) is 19.4. The summed E-state index contributed by atoms with van der Waals surface area (Å²) < 4.78 is 54.5. The molecule has 1 radical (unpaired) electrons. The average molecular weight is 872 g/mol. The number of pyridine rings is 1. The number of hydrogen-bond acceptors (Lipinski definition) is 4. The summed E-state index contributed by atoms with van der Waals surface area (Å²) in [6.07, 6.45) is 1.30. The topological polar surface area (TPSA) is 43.9 Å². The molecule has 0 saturated heterocycles. The van der Waals surface area contributed by atoms with Crippen molar-refractivity contribution in [2.75, 3.05) is 0 Å². The van der Waals surface area contributed by atoms with Crippen molar-refractivity contribution < 1.29 is 32.7 Å². The quantitative estimate of drug-likeness (QED) is 0.166. The Kier molecular flexibility index (Phi) is 7.37. The summed E-state index contributed by atoms with van der Waals surface area (Å²) in [6, 6.07) is 53.8. The second-order valence-electron chi connectivity index (χ2n) is 12.1. The predicted molar refractivity (Wildman–Crippen MR) is 211 cm³/mol. The SMILES string of the molecule is [2H]C([2H])([2H])c1c[c-]c(-c2ccc(C([2H])([2H])[2H])cn2)cc1.[Ir].[c-]1ccc2c(sc3ccccc32)c1-c1nc2ccccc2n1-c1ccc(-c2cc3ccccc3o2)cc1. The van der Waals surface area contributed by atoms with E-state index in [1.165, 1.54) is 44.6 Å². The van der Waals surface area contributed by atoms with Crippen LogP contribution in [0, 0.1) is 25.8 Å². The van der Waals surface area contributed by atoms with E-state index in [4.69, 9.17) is 17.6 Å². The molecule has 0 aliphatic heterocycles. The maximum Gasteiger partial charge on any atom is 0.135 e. The van der Waals surface area contributed by atoms with Gasteiger partial charge in [-0.25, -0.2) is 0 Å². The van der Waals surface area contributed by atoms with Gasteiger partial charge in [0.25, 0.3) is 0 Å². The molecule has 0 spiro atoms. The minimum Gasteiger partial charge on any atom is -0.456 e. The number of imidazole rings is 1. The molecule has 10 aromatic rings. The van der Waals surface area contributed by atoms with Crippen molar-refractivity contribution in [2.45, 2.75) is 13.7 Å². The van der Waals surface area contributed by atoms with Gasteiger partial charge in [0.15, 0.2) is 0 Å². The zero-order chi connectivity index (χ0) is 39.3. The molecular weight excluding hydrogens is 835 g/mol. The molecule has 4 aromatic heterocycles. The van der Waals surface area contributed by atoms with Crippen LogP contribution in [0.25, 0.3) is 81.8 Å². The van der Waals surface area contributed by atoms with Crippen LogP contribution >= 0.6 is 11.3 Å². The van der Waals surface area contributed by atoms with Gasteiger partial charge in [-0.1, -0.05) is 78.5 Å². The third-order valence-electron chi connectivity index (χ3n) is 8.81. The van der Waals surface area contributed by atoms with Gasteiger partial charge in [0.05, 0.1) is 16.9 Å². The van der Waals surface area contributed by atoms with E-state index in [2.05, 4.69) is 107 Å². The van der Waals surface area contributed by atoms with Crippen molar-refractivity contribution in [3.05, 3.63) is 175 Å². The van der Waals surface area contributed by atoms with Gasteiger partial charge in [-0.15, -0.1) is 53.6 Å². The van der Waals surface area contributed by atoms with Gasteiger partial charge in [0, 0.05) is 55.9 Å². The molecule has 6 aromatic carbocycles. The number of benzene rings is 6. The molecule has 0 unspecified atom stereocenters. The smallest absolute Gasteiger partial charge is 0.135 e. The zero-order valence-corrected chi connectivity index (χ0v) is 30.6. The molecule has 0 saturated carbocycles. The molecule has 10 rings (SSSR count). The van der Waals surface area contributed by atoms with Crippen LogP contribution < -0.4 is 0 Å². The fraction of sp³-hybridized carbons (Fsp3) is 0.0435. The fourth-order valence-corrected chi connectivity index (χ4v) is 7.54. The second kappa shape index (κ2) is 14.2. The van der Waals surface area contributed by atoms with Gasteiger partial charge < -0.3 is 14.0 Å². The van der Waals surface area contributed by atoms with Gasteiger partial charge in [-0.2, -0.15) is 11.3 Å². The summed E-state index contributed by atoms with van der Waals surface area (Å²) in [5.74, 6) is 1.77. The zero-order valence-electron chi connectivity index (χ0n) is 33.4. The minimum atomic E-state index is -2.18. The molecular formula is C46H31IrN3OS-2. The number of aromatic nitrogens is 3. The maximum absolute atomic E-state index is 7.28. The number of rotatable bonds is 4. The van der Waals surface area contributed by atoms with Crippen molar-refractivity contribution in [1.29, 1.82) is 0 Å². The van der Waals surface area contributed by atoms with E-state index < -0.39 is 13.7 Å². The van der Waals surface area contributed by atoms with Crippen molar-refractivity contribution >= 4 is 53.5 Å². The molecule has 0 aliphatic carbocycles. The molecule has 4 nitrogen and oxygen atoms in total. The Morgan fingerprint density at radius 3 is 2.37 bits per heavy atom. The van der Waals surface area contributed by atoms with Gasteiger partial charge in [0.2, 0.25) is 0 Å². The Bertz CT molecular complexity index is 2950. The summed E-state index contributed by atoms with van der Waals surface area (Å²) in [4.78, 5) is 9.18. The number of fused-ring (bicyclic) bond motifs is 5. The number of nitrogens with zero attached hydrogens (tertiary/aromatic N) is 3. The van der Waals surface area contributed by atoms with Crippen molar-refractivity contribution in [2.24, 2.45) is 0 Å². The first kappa shape index (κ1) is 27.1. The molecule has 0 amide bonds. The van der Waals surface area contributed by atoms with Crippen LogP contribution in [0.2, 0.25) is 0 Å². The van der Waals surface area contributed by atoms with Gasteiger partial charge in [0.1, 0.15) is 11.3 Å². The molecule has 6 heteroatoms. The normalized spacial score (nSPS) is 13.3. The molecule has 253 valence electrons. The molecule has 52 heavy (non-hydrogen) atoms. The van der Waals surface area contributed by atoms with E-state index in [-0.39, 0.29) is 31.2 Å². The first-order valence-corrected chi connectivity index (χ1v) is 17.2. The number of furan rings is 1. The fourth-order valence-electron chi connectivity index (χ4n) is 6.35. The van der Waals surface area contributed by atoms with Crippen molar-refractivity contribution in [3.63, 3.8) is 0 Å². The Morgan fingerprint density at radius 2 is 1.56 bits per heavy atom. The summed E-state index contributed by atoms with van der Waals surface area (Å²) in [5.41, 5.74) is 7.60. The van der Waals surface area contributed by atoms with Crippen LogP contribution in [0.3, 0.4) is 0 Å². The summed E-state index contributed by atoms with van der Waals surface area (Å²) in [5, 5.41) is 3.63. The molecule has 0 fully saturated rings. The summed E-state index contributed by atoms with van der Waals surface area (Å²) in [7, 11) is 0. The Morgan fingerprint density at radius 1 is 0.750 bits per heavy atom. The number of hydrogen-bond donors (Lipinski definition) is 0. The number of thiophene rings is 1. The van der Waals surface area contributed by atoms with E-state index in [0.29, 0.717) is 11.3 Å². The third-order valence-corrected chi connectivity index (χ3v) is 10.0. The first-order chi connectivity index (χ1) is 27.5. The standard InChI is InChI=1S/C33H19N2OS.C13H12N.Ir/c1-5-14-29-22(8-1)20-30(36-29)21-16-18-23(19-17-21)35-28-13-4-3-12-27(28)34-33(35)26-11-7-10-25-24-9-2-6-15-31(24)37-32(25)26;1-10-3-6-12(7-4-10)13-8-5-11(2)9-14-13;/h1-10,12-20H;3-6,8-9H,1-2H3;/q2*-1;/i;1D3,2D3;. The average Bonchev–Trinajstić information content (AvgIpc) is 3.94. The van der Waals surface area contributed by atoms with Crippen molar-refractivity contribution in [1.82, 2.24) is 14.5 Å². The van der Waals surface area contributed by atoms with Gasteiger partial charge in [-0.05, 0) is 82.8 Å². The Labute approximate surface area is 327 Å². The van der Waals surface area contributed by atoms with E-state index >= 15 is 0 Å². The summed E-state index contributed by atoms with van der Waals surface area (Å²) >= 11 is 1.80. The van der Waals surface area contributed by atoms with E-state index in [9.17, 15) is 0 Å². The van der Waals surface area contributed by atoms with Crippen LogP contribution in [0.1, 0.15) is 19.4 Å². The van der Waals surface area contributed by atoms with E-state index in [1.807, 2.05) is 30.3 Å². The molecule has 0 N–H and O–H groups in total. The number of para-hydroxylation sites is 3. The summed E-state index contributed by atoms with van der Waals surface area (Å²) in [6.45, 7) is -4.34. The molecule has 0 bridgehead atoms. The Hall–Kier alpha value is -5.65. The van der Waals surface area contributed by atoms with Gasteiger partial charge >= 0.3 is 0 Å². The van der Waals surface area contributed by atoms with E-state index in [1.54, 1.807) is 23.5 Å².